The van der Waals surface area contributed by atoms with Crippen LogP contribution in [0.1, 0.15) is 42.3 Å². The van der Waals surface area contributed by atoms with Crippen molar-refractivity contribution < 1.29 is 9.53 Å². The Hall–Kier alpha value is -1.59. The molecule has 132 valence electrons. The minimum Gasteiger partial charge on any atom is -0.492 e. The molecule has 3 saturated heterocycles. The molecule has 2 bridgehead atoms. The molecule has 0 radical (unpaired) electrons. The van der Waals surface area contributed by atoms with Gasteiger partial charge in [-0.15, -0.1) is 11.3 Å². The van der Waals surface area contributed by atoms with Gasteiger partial charge in [-0.1, -0.05) is 12.1 Å². The Morgan fingerprint density at radius 1 is 1.36 bits per heavy atom. The third-order valence-electron chi connectivity index (χ3n) is 6.30. The molecule has 4 aliphatic rings. The van der Waals surface area contributed by atoms with Gasteiger partial charge in [-0.2, -0.15) is 0 Å². The number of hydrogen-bond acceptors (Lipinski definition) is 4. The highest BCUT2D eigenvalue weighted by molar-refractivity contribution is 7.21. The lowest BCUT2D eigenvalue weighted by atomic mass is 9.77. The van der Waals surface area contributed by atoms with Crippen LogP contribution >= 0.6 is 11.3 Å². The first kappa shape index (κ1) is 15.6. The summed E-state index contributed by atoms with van der Waals surface area (Å²) < 4.78 is 6.79. The van der Waals surface area contributed by atoms with Gasteiger partial charge in [0.1, 0.15) is 5.75 Å². The summed E-state index contributed by atoms with van der Waals surface area (Å²) in [5, 5.41) is 4.51. The number of benzene rings is 1. The standard InChI is InChI=1S/C20H24N2O2S/c1-2-24-15-5-3-4-14-12-16(25-17(14)15)19(23)21-18-13-6-10-22(11-7-13)20(18)8-9-20/h3-5,12-13,18H,2,6-11H2,1H3,(H,21,23). The lowest BCUT2D eigenvalue weighted by Crippen LogP contribution is -2.65. The summed E-state index contributed by atoms with van der Waals surface area (Å²) in [5.74, 6) is 1.63. The van der Waals surface area contributed by atoms with Crippen molar-refractivity contribution in [2.45, 2.75) is 44.2 Å². The normalized spacial score (nSPS) is 29.1. The molecule has 3 aliphatic heterocycles. The van der Waals surface area contributed by atoms with Crippen LogP contribution in [0.3, 0.4) is 0 Å². The minimum atomic E-state index is 0.0914. The lowest BCUT2D eigenvalue weighted by Gasteiger charge is -2.52. The van der Waals surface area contributed by atoms with E-state index in [9.17, 15) is 4.79 Å². The summed E-state index contributed by atoms with van der Waals surface area (Å²) in [7, 11) is 0. The fraction of sp³-hybridized carbons (Fsp3) is 0.550. The molecule has 4 fully saturated rings. The van der Waals surface area contributed by atoms with E-state index in [1.165, 1.54) is 38.8 Å². The molecule has 2 aromatic rings. The SMILES string of the molecule is CCOc1cccc2cc(C(=O)NC3C4CCN(CC4)C34CC4)sc12. The number of hydrogen-bond donors (Lipinski definition) is 1. The van der Waals surface area contributed by atoms with Crippen LogP contribution in [0.2, 0.25) is 0 Å². The predicted octanol–water partition coefficient (Wildman–Crippen LogP) is 3.66. The van der Waals surface area contributed by atoms with Crippen molar-refractivity contribution in [2.75, 3.05) is 19.7 Å². The molecule has 1 unspecified atom stereocenters. The Balaban J connectivity index is 1.41. The maximum atomic E-state index is 13.0. The fourth-order valence-corrected chi connectivity index (χ4v) is 5.98. The summed E-state index contributed by atoms with van der Waals surface area (Å²) in [6, 6.07) is 8.38. The third-order valence-corrected chi connectivity index (χ3v) is 7.46. The second kappa shape index (κ2) is 5.71. The van der Waals surface area contributed by atoms with Crippen molar-refractivity contribution in [1.29, 1.82) is 0 Å². The lowest BCUT2D eigenvalue weighted by molar-refractivity contribution is -0.00138. The van der Waals surface area contributed by atoms with Gasteiger partial charge < -0.3 is 10.1 Å². The fourth-order valence-electron chi connectivity index (χ4n) is 4.95. The smallest absolute Gasteiger partial charge is 0.261 e. The predicted molar refractivity (Wildman–Crippen MR) is 101 cm³/mol. The van der Waals surface area contributed by atoms with Gasteiger partial charge in [-0.3, -0.25) is 9.69 Å². The summed E-state index contributed by atoms with van der Waals surface area (Å²) in [4.78, 5) is 16.4. The number of fused-ring (bicyclic) bond motifs is 3. The van der Waals surface area contributed by atoms with Crippen molar-refractivity contribution in [3.63, 3.8) is 0 Å². The van der Waals surface area contributed by atoms with Crippen LogP contribution in [0.25, 0.3) is 10.1 Å². The molecule has 1 spiro atoms. The zero-order chi connectivity index (χ0) is 17.0. The molecule has 1 atom stereocenters. The van der Waals surface area contributed by atoms with Crippen LogP contribution < -0.4 is 10.1 Å². The van der Waals surface area contributed by atoms with E-state index < -0.39 is 0 Å². The third kappa shape index (κ3) is 2.40. The van der Waals surface area contributed by atoms with E-state index in [1.807, 2.05) is 25.1 Å². The molecule has 1 amide bonds. The van der Waals surface area contributed by atoms with Crippen LogP contribution in [-0.2, 0) is 0 Å². The van der Waals surface area contributed by atoms with Crippen molar-refractivity contribution in [3.05, 3.63) is 29.1 Å². The van der Waals surface area contributed by atoms with Gasteiger partial charge in [0.15, 0.2) is 0 Å². The molecule has 1 aromatic heterocycles. The summed E-state index contributed by atoms with van der Waals surface area (Å²) in [6.45, 7) is 5.07. The van der Waals surface area contributed by atoms with E-state index in [4.69, 9.17) is 4.74 Å². The average Bonchev–Trinajstić information content (AvgIpc) is 3.28. The van der Waals surface area contributed by atoms with Crippen LogP contribution in [0.5, 0.6) is 5.75 Å². The van der Waals surface area contributed by atoms with Gasteiger partial charge in [-0.05, 0) is 69.1 Å². The highest BCUT2D eigenvalue weighted by atomic mass is 32.1. The van der Waals surface area contributed by atoms with Crippen molar-refractivity contribution >= 4 is 27.3 Å². The molecular formula is C20H24N2O2S. The molecular weight excluding hydrogens is 332 g/mol. The molecule has 1 saturated carbocycles. The van der Waals surface area contributed by atoms with Crippen LogP contribution in [0.15, 0.2) is 24.3 Å². The first-order chi connectivity index (χ1) is 12.2. The van der Waals surface area contributed by atoms with E-state index in [2.05, 4.69) is 16.3 Å². The summed E-state index contributed by atoms with van der Waals surface area (Å²) in [6.07, 6.45) is 4.95. The quantitative estimate of drug-likeness (QED) is 0.909. The van der Waals surface area contributed by atoms with E-state index in [1.54, 1.807) is 11.3 Å². The molecule has 1 aromatic carbocycles. The maximum Gasteiger partial charge on any atom is 0.261 e. The molecule has 1 aliphatic carbocycles. The van der Waals surface area contributed by atoms with E-state index >= 15 is 0 Å². The Bertz CT molecular complexity index is 818. The molecule has 5 heteroatoms. The summed E-state index contributed by atoms with van der Waals surface area (Å²) >= 11 is 1.55. The first-order valence-corrected chi connectivity index (χ1v) is 10.2. The number of piperidine rings is 3. The Kier molecular flexibility index (Phi) is 3.57. The highest BCUT2D eigenvalue weighted by Crippen LogP contribution is 2.53. The van der Waals surface area contributed by atoms with Crippen LogP contribution in [0, 0.1) is 5.92 Å². The second-order valence-electron chi connectivity index (χ2n) is 7.60. The van der Waals surface area contributed by atoms with Crippen molar-refractivity contribution in [3.8, 4) is 5.75 Å². The van der Waals surface area contributed by atoms with Crippen LogP contribution in [0.4, 0.5) is 0 Å². The Morgan fingerprint density at radius 2 is 2.16 bits per heavy atom. The zero-order valence-electron chi connectivity index (χ0n) is 14.6. The van der Waals surface area contributed by atoms with Gasteiger partial charge in [0.05, 0.1) is 22.2 Å². The Morgan fingerprint density at radius 3 is 2.88 bits per heavy atom. The molecule has 1 N–H and O–H groups in total. The van der Waals surface area contributed by atoms with E-state index in [-0.39, 0.29) is 11.4 Å². The number of carbonyl (C=O) groups is 1. The number of amides is 1. The topological polar surface area (TPSA) is 41.6 Å². The number of thiophene rings is 1. The number of ether oxygens (including phenoxy) is 1. The van der Waals surface area contributed by atoms with Crippen molar-refractivity contribution in [1.82, 2.24) is 10.2 Å². The molecule has 4 heterocycles. The largest absolute Gasteiger partial charge is 0.492 e. The second-order valence-corrected chi connectivity index (χ2v) is 8.65. The maximum absolute atomic E-state index is 13.0. The van der Waals surface area contributed by atoms with Crippen LogP contribution in [-0.4, -0.2) is 42.1 Å². The van der Waals surface area contributed by atoms with Crippen molar-refractivity contribution in [2.24, 2.45) is 5.92 Å². The highest BCUT2D eigenvalue weighted by Gasteiger charge is 2.60. The molecule has 6 rings (SSSR count). The van der Waals surface area contributed by atoms with E-state index in [0.29, 0.717) is 18.6 Å². The van der Waals surface area contributed by atoms with Gasteiger partial charge in [-0.25, -0.2) is 0 Å². The number of carbonyl (C=O) groups excluding carboxylic acids is 1. The monoisotopic (exact) mass is 356 g/mol. The van der Waals surface area contributed by atoms with Gasteiger partial charge >= 0.3 is 0 Å². The molecule has 4 nitrogen and oxygen atoms in total. The van der Waals surface area contributed by atoms with E-state index in [0.717, 1.165) is 20.7 Å². The number of rotatable bonds is 4. The number of nitrogens with one attached hydrogen (secondary N) is 1. The minimum absolute atomic E-state index is 0.0914. The molecule has 25 heavy (non-hydrogen) atoms. The summed E-state index contributed by atoms with van der Waals surface area (Å²) in [5.41, 5.74) is 0.282. The Labute approximate surface area is 152 Å². The van der Waals surface area contributed by atoms with Gasteiger partial charge in [0, 0.05) is 5.54 Å². The number of nitrogens with zero attached hydrogens (tertiary/aromatic N) is 1. The average molecular weight is 356 g/mol. The van der Waals surface area contributed by atoms with Gasteiger partial charge in [0.25, 0.3) is 5.91 Å². The first-order valence-electron chi connectivity index (χ1n) is 9.42. The van der Waals surface area contributed by atoms with Gasteiger partial charge in [0.2, 0.25) is 0 Å². The zero-order valence-corrected chi connectivity index (χ0v) is 15.4.